The Morgan fingerprint density at radius 2 is 1.92 bits per heavy atom. The Morgan fingerprint density at radius 3 is 2.53 bits per heavy atom. The third-order valence-corrected chi connectivity index (χ3v) is 5.05. The number of furan rings is 1. The molecule has 1 aromatic carbocycles. The molecule has 1 atom stereocenters. The molecule has 0 fully saturated rings. The molecule has 13 heteroatoms. The first-order chi connectivity index (χ1) is 17.0. The van der Waals surface area contributed by atoms with E-state index in [1.807, 2.05) is 0 Å². The van der Waals surface area contributed by atoms with Crippen LogP contribution in [0.15, 0.2) is 34.7 Å². The first-order valence-corrected chi connectivity index (χ1v) is 10.5. The lowest BCUT2D eigenvalue weighted by molar-refractivity contribution is -0.147. The summed E-state index contributed by atoms with van der Waals surface area (Å²) < 4.78 is 83.1. The van der Waals surface area contributed by atoms with Gasteiger partial charge in [-0.05, 0) is 49.2 Å². The molecule has 0 aliphatic carbocycles. The average molecular weight is 518 g/mol. The van der Waals surface area contributed by atoms with Crippen LogP contribution in [-0.4, -0.2) is 41.5 Å². The molecule has 0 saturated carbocycles. The second-order valence-corrected chi connectivity index (χ2v) is 7.59. The van der Waals surface area contributed by atoms with Crippen molar-refractivity contribution >= 4 is 12.2 Å². The van der Waals surface area contributed by atoms with Gasteiger partial charge in [-0.25, -0.2) is 13.8 Å². The third-order valence-electron chi connectivity index (χ3n) is 5.05. The van der Waals surface area contributed by atoms with Crippen molar-refractivity contribution in [2.75, 3.05) is 13.7 Å². The van der Waals surface area contributed by atoms with Crippen LogP contribution in [0, 0.1) is 18.6 Å². The Morgan fingerprint density at radius 1 is 1.22 bits per heavy atom. The van der Waals surface area contributed by atoms with Crippen LogP contribution in [-0.2, 0) is 23.9 Å². The van der Waals surface area contributed by atoms with Crippen LogP contribution in [0.25, 0.3) is 11.5 Å². The fraction of sp³-hybridized carbons (Fsp3) is 0.348. The highest BCUT2D eigenvalue weighted by Crippen LogP contribution is 2.34. The van der Waals surface area contributed by atoms with Crippen molar-refractivity contribution in [2.45, 2.75) is 38.5 Å². The van der Waals surface area contributed by atoms with Crippen molar-refractivity contribution in [2.24, 2.45) is 5.73 Å². The van der Waals surface area contributed by atoms with Crippen LogP contribution in [0.4, 0.5) is 26.3 Å². The maximum absolute atomic E-state index is 13.7. The van der Waals surface area contributed by atoms with Gasteiger partial charge in [0.1, 0.15) is 17.3 Å². The lowest BCUT2D eigenvalue weighted by atomic mass is 10.0. The number of hydrogen-bond acceptors (Lipinski definition) is 5. The van der Waals surface area contributed by atoms with E-state index < -0.39 is 35.6 Å². The van der Waals surface area contributed by atoms with Crippen LogP contribution < -0.4 is 11.1 Å². The second-order valence-electron chi connectivity index (χ2n) is 7.59. The normalized spacial score (nSPS) is 12.0. The molecule has 196 valence electrons. The van der Waals surface area contributed by atoms with Gasteiger partial charge in [0.05, 0.1) is 7.18 Å². The third kappa shape index (κ3) is 7.20. The van der Waals surface area contributed by atoms with Crippen LogP contribution >= 0.6 is 0 Å². The average Bonchev–Trinajstić information content (AvgIpc) is 3.42. The summed E-state index contributed by atoms with van der Waals surface area (Å²) in [7, 11) is 0.500. The van der Waals surface area contributed by atoms with E-state index in [4.69, 9.17) is 10.2 Å². The standard InChI is InChI=1S/C22H21F5N4O3.CH3F/c1-12-20(18-5-3-16(11-32)34-18)30-21(22(25,26)27)31(12)7-6-29-19(33)10-15(28)9-13-8-14(23)2-4-17(13)24;1-2/h2-5,8,11,15H,6-7,9-10,28H2,1H3,(H,29,33);1H3. The summed E-state index contributed by atoms with van der Waals surface area (Å²) in [6.07, 6.45) is -4.68. The fourth-order valence-electron chi connectivity index (χ4n) is 3.47. The zero-order valence-corrected chi connectivity index (χ0v) is 19.3. The molecule has 1 amide bonds. The van der Waals surface area contributed by atoms with Gasteiger partial charge in [-0.3, -0.25) is 14.0 Å². The molecule has 2 aromatic heterocycles. The van der Waals surface area contributed by atoms with Crippen molar-refractivity contribution in [3.05, 3.63) is 64.8 Å². The van der Waals surface area contributed by atoms with Gasteiger partial charge in [-0.1, -0.05) is 0 Å². The number of nitrogens with zero attached hydrogens (tertiary/aromatic N) is 2. The molecule has 0 spiro atoms. The summed E-state index contributed by atoms with van der Waals surface area (Å²) in [4.78, 5) is 26.6. The molecule has 0 radical (unpaired) electrons. The fourth-order valence-corrected chi connectivity index (χ4v) is 3.47. The van der Waals surface area contributed by atoms with Crippen molar-refractivity contribution < 1.29 is 40.3 Å². The number of carbonyl (C=O) groups excluding carboxylic acids is 2. The summed E-state index contributed by atoms with van der Waals surface area (Å²) >= 11 is 0. The van der Waals surface area contributed by atoms with E-state index in [1.165, 1.54) is 19.1 Å². The van der Waals surface area contributed by atoms with Crippen LogP contribution in [0.1, 0.15) is 34.1 Å². The first-order valence-electron chi connectivity index (χ1n) is 10.5. The molecule has 2 heterocycles. The van der Waals surface area contributed by atoms with E-state index in [0.717, 1.165) is 22.8 Å². The lowest BCUT2D eigenvalue weighted by Crippen LogP contribution is -2.35. The number of amides is 1. The van der Waals surface area contributed by atoms with E-state index >= 15 is 0 Å². The van der Waals surface area contributed by atoms with Gasteiger partial charge in [-0.2, -0.15) is 13.2 Å². The SMILES string of the molecule is CF.Cc1c(-c2ccc(C=O)o2)nc(C(F)(F)F)n1CCNC(=O)CC(N)Cc1cc(F)ccc1F. The maximum atomic E-state index is 13.7. The Hall–Kier alpha value is -3.61. The van der Waals surface area contributed by atoms with Crippen molar-refractivity contribution in [3.63, 3.8) is 0 Å². The van der Waals surface area contributed by atoms with Crippen LogP contribution in [0.3, 0.4) is 0 Å². The number of alkyl halides is 4. The summed E-state index contributed by atoms with van der Waals surface area (Å²) in [5.74, 6) is -3.09. The molecular weight excluding hydrogens is 494 g/mol. The summed E-state index contributed by atoms with van der Waals surface area (Å²) in [5.41, 5.74) is 5.92. The Balaban J connectivity index is 0.00000222. The number of aromatic nitrogens is 2. The molecule has 1 unspecified atom stereocenters. The van der Waals surface area contributed by atoms with Crippen molar-refractivity contribution in [3.8, 4) is 11.5 Å². The minimum Gasteiger partial charge on any atom is -0.452 e. The van der Waals surface area contributed by atoms with Gasteiger partial charge in [0.15, 0.2) is 17.8 Å². The smallest absolute Gasteiger partial charge is 0.449 e. The minimum atomic E-state index is -4.77. The van der Waals surface area contributed by atoms with Gasteiger partial charge >= 0.3 is 6.18 Å². The van der Waals surface area contributed by atoms with E-state index in [-0.39, 0.29) is 54.4 Å². The van der Waals surface area contributed by atoms with E-state index in [1.54, 1.807) is 0 Å². The predicted octanol–water partition coefficient (Wildman–Crippen LogP) is 4.22. The highest BCUT2D eigenvalue weighted by atomic mass is 19.4. The second kappa shape index (κ2) is 12.4. The molecule has 3 aromatic rings. The van der Waals surface area contributed by atoms with Crippen molar-refractivity contribution in [1.82, 2.24) is 14.9 Å². The zero-order valence-electron chi connectivity index (χ0n) is 19.3. The van der Waals surface area contributed by atoms with Gasteiger partial charge in [-0.15, -0.1) is 0 Å². The summed E-state index contributed by atoms with van der Waals surface area (Å²) in [6.45, 7) is 0.984. The quantitative estimate of drug-likeness (QED) is 0.326. The number of aldehydes is 1. The number of nitrogens with two attached hydrogens (primary N) is 1. The molecule has 0 bridgehead atoms. The number of imidazole rings is 1. The van der Waals surface area contributed by atoms with Gasteiger partial charge in [0.25, 0.3) is 0 Å². The zero-order chi connectivity index (χ0) is 27.0. The topological polar surface area (TPSA) is 103 Å². The van der Waals surface area contributed by atoms with E-state index in [0.29, 0.717) is 13.5 Å². The van der Waals surface area contributed by atoms with Crippen LogP contribution in [0.5, 0.6) is 0 Å². The number of halogens is 6. The number of hydrogen-bond donors (Lipinski definition) is 2. The maximum Gasteiger partial charge on any atom is 0.449 e. The van der Waals surface area contributed by atoms with E-state index in [9.17, 15) is 35.9 Å². The molecule has 36 heavy (non-hydrogen) atoms. The highest BCUT2D eigenvalue weighted by Gasteiger charge is 2.38. The Bertz CT molecular complexity index is 1190. The molecule has 7 nitrogen and oxygen atoms in total. The number of benzene rings is 1. The molecular formula is C23H24F6N4O3. The molecule has 3 N–H and O–H groups in total. The highest BCUT2D eigenvalue weighted by molar-refractivity contribution is 5.76. The number of nitrogens with one attached hydrogen (secondary N) is 1. The van der Waals surface area contributed by atoms with Gasteiger partial charge in [0, 0.05) is 31.2 Å². The summed E-state index contributed by atoms with van der Waals surface area (Å²) in [5, 5.41) is 2.47. The summed E-state index contributed by atoms with van der Waals surface area (Å²) in [6, 6.07) is 4.74. The van der Waals surface area contributed by atoms with E-state index in [2.05, 4.69) is 10.3 Å². The van der Waals surface area contributed by atoms with Gasteiger partial charge < -0.3 is 20.0 Å². The number of rotatable bonds is 9. The molecule has 0 aliphatic rings. The van der Waals surface area contributed by atoms with Crippen molar-refractivity contribution in [1.29, 1.82) is 0 Å². The molecule has 0 aliphatic heterocycles. The Labute approximate surface area is 202 Å². The lowest BCUT2D eigenvalue weighted by Gasteiger charge is -2.15. The Kier molecular flexibility index (Phi) is 9.84. The number of carbonyl (C=O) groups is 2. The predicted molar refractivity (Wildman–Crippen MR) is 118 cm³/mol. The molecule has 0 saturated heterocycles. The first kappa shape index (κ1) is 28.6. The minimum absolute atomic E-state index is 0.00319. The molecule has 3 rings (SSSR count). The van der Waals surface area contributed by atoms with Gasteiger partial charge in [0.2, 0.25) is 11.7 Å². The largest absolute Gasteiger partial charge is 0.452 e. The van der Waals surface area contributed by atoms with Crippen LogP contribution in [0.2, 0.25) is 0 Å². The monoisotopic (exact) mass is 518 g/mol.